The molecule has 0 saturated carbocycles. The first-order valence-corrected chi connectivity index (χ1v) is 22.1. The van der Waals surface area contributed by atoms with Gasteiger partial charge >= 0.3 is 0 Å². The Morgan fingerprint density at radius 3 is 1.32 bits per heavy atom. The van der Waals surface area contributed by atoms with E-state index in [1.54, 1.807) is 0 Å². The van der Waals surface area contributed by atoms with Crippen LogP contribution >= 0.6 is 0 Å². The van der Waals surface area contributed by atoms with Gasteiger partial charge in [-0.1, -0.05) is 190 Å². The van der Waals surface area contributed by atoms with Gasteiger partial charge in [0.05, 0.1) is 16.8 Å². The van der Waals surface area contributed by atoms with E-state index in [0.29, 0.717) is 23.3 Å². The van der Waals surface area contributed by atoms with Gasteiger partial charge < -0.3 is 4.74 Å². The van der Waals surface area contributed by atoms with Crippen molar-refractivity contribution in [2.45, 2.75) is 24.7 Å². The number of para-hydroxylation sites is 2. The molecule has 0 bridgehead atoms. The van der Waals surface area contributed by atoms with Gasteiger partial charge in [0.2, 0.25) is 0 Å². The highest BCUT2D eigenvalue weighted by atomic mass is 16.5. The first-order chi connectivity index (χ1) is 32.0. The molecule has 8 aromatic carbocycles. The first kappa shape index (κ1) is 37.2. The third-order valence-corrected chi connectivity index (χ3v) is 13.6. The Morgan fingerprint density at radius 1 is 0.338 bits per heavy atom. The minimum atomic E-state index is -0.769. The van der Waals surface area contributed by atoms with Crippen molar-refractivity contribution in [3.05, 3.63) is 234 Å². The Labute approximate surface area is 377 Å². The molecule has 0 fully saturated rings. The van der Waals surface area contributed by atoms with E-state index in [9.17, 15) is 0 Å². The Morgan fingerprint density at radius 2 is 0.769 bits per heavy atom. The van der Waals surface area contributed by atoms with Crippen LogP contribution in [-0.2, 0) is 10.8 Å². The molecule has 1 aliphatic heterocycles. The molecule has 13 rings (SSSR count). The first-order valence-electron chi connectivity index (χ1n) is 22.1. The third kappa shape index (κ3) is 5.50. The monoisotopic (exact) mass is 833 g/mol. The van der Waals surface area contributed by atoms with Crippen molar-refractivity contribution in [1.82, 2.24) is 24.9 Å². The maximum absolute atomic E-state index is 6.79. The fraction of sp³-hybridized carbons (Fsp3) is 0.0678. The zero-order valence-electron chi connectivity index (χ0n) is 35.7. The summed E-state index contributed by atoms with van der Waals surface area (Å²) in [6.45, 7) is 4.56. The summed E-state index contributed by atoms with van der Waals surface area (Å²) in [5.74, 6) is 4.21. The van der Waals surface area contributed by atoms with E-state index in [1.165, 1.54) is 11.1 Å². The summed E-state index contributed by atoms with van der Waals surface area (Å²) in [7, 11) is 0. The Balaban J connectivity index is 1.08. The lowest BCUT2D eigenvalue weighted by Crippen LogP contribution is -2.32. The molecule has 2 aliphatic carbocycles. The predicted octanol–water partition coefficient (Wildman–Crippen LogP) is 13.8. The lowest BCUT2D eigenvalue weighted by Gasteiger charge is -2.39. The van der Waals surface area contributed by atoms with Crippen LogP contribution < -0.4 is 4.74 Å². The van der Waals surface area contributed by atoms with Crippen molar-refractivity contribution >= 4 is 0 Å². The van der Waals surface area contributed by atoms with Crippen molar-refractivity contribution in [2.75, 3.05) is 0 Å². The van der Waals surface area contributed by atoms with E-state index in [0.717, 1.165) is 89.6 Å². The molecule has 306 valence electrons. The zero-order chi connectivity index (χ0) is 43.3. The smallest absolute Gasteiger partial charge is 0.164 e. The summed E-state index contributed by atoms with van der Waals surface area (Å²) in [6, 6.07) is 70.0. The highest BCUT2D eigenvalue weighted by Gasteiger charge is 2.51. The molecule has 6 nitrogen and oxygen atoms in total. The molecule has 3 heterocycles. The molecular weight excluding hydrogens is 795 g/mol. The van der Waals surface area contributed by atoms with Crippen LogP contribution in [0.15, 0.2) is 200 Å². The summed E-state index contributed by atoms with van der Waals surface area (Å²) >= 11 is 0. The number of hydrogen-bond acceptors (Lipinski definition) is 6. The van der Waals surface area contributed by atoms with Crippen LogP contribution in [0.25, 0.3) is 79.1 Å². The molecule has 0 N–H and O–H groups in total. The zero-order valence-corrected chi connectivity index (χ0v) is 35.7. The largest absolute Gasteiger partial charge is 0.457 e. The SMILES string of the molecule is CC1(C)c2ccccc2-c2c(-c3ccc4c(c3)C3(c5ccccc5Oc5ccccc53)c3cc(-c5nc(-c6ccccc6)nc(-c6ccccc6)n5)ccc3-4)nc(-c3ccccc3)nc21. The second kappa shape index (κ2) is 14.1. The predicted molar refractivity (Wildman–Crippen MR) is 258 cm³/mol. The topological polar surface area (TPSA) is 73.7 Å². The molecule has 0 atom stereocenters. The van der Waals surface area contributed by atoms with Gasteiger partial charge in [0.1, 0.15) is 11.5 Å². The molecule has 10 aromatic rings. The summed E-state index contributed by atoms with van der Waals surface area (Å²) in [6.07, 6.45) is 0. The van der Waals surface area contributed by atoms with E-state index < -0.39 is 5.41 Å². The molecule has 3 aliphatic rings. The lowest BCUT2D eigenvalue weighted by atomic mass is 9.65. The number of ether oxygens (including phenoxy) is 1. The van der Waals surface area contributed by atoms with Gasteiger partial charge in [0.15, 0.2) is 23.3 Å². The van der Waals surface area contributed by atoms with Crippen molar-refractivity contribution in [3.63, 3.8) is 0 Å². The van der Waals surface area contributed by atoms with Gasteiger partial charge in [0, 0.05) is 49.9 Å². The number of nitrogens with zero attached hydrogens (tertiary/aromatic N) is 5. The molecule has 2 aromatic heterocycles. The highest BCUT2D eigenvalue weighted by molar-refractivity contribution is 5.95. The van der Waals surface area contributed by atoms with Gasteiger partial charge in [-0.2, -0.15) is 0 Å². The summed E-state index contributed by atoms with van der Waals surface area (Å²) in [4.78, 5) is 26.3. The molecule has 1 spiro atoms. The normalized spacial score (nSPS) is 14.1. The van der Waals surface area contributed by atoms with Crippen molar-refractivity contribution < 1.29 is 4.74 Å². The summed E-state index contributed by atoms with van der Waals surface area (Å²) < 4.78 is 6.79. The molecule has 0 amide bonds. The van der Waals surface area contributed by atoms with E-state index >= 15 is 0 Å². The molecular formula is C59H39N5O. The standard InChI is InChI=1S/C59H39N5O/c1-58(2)44-25-13-12-24-43(44)51-52(60-54(61-53(51)58)36-18-6-3-7-19-36)39-30-32-41-42-33-31-40(57-63-55(37-20-8-4-9-21-37)62-56(64-57)38-22-10-5-11-23-38)35-48(42)59(47(41)34-39)45-26-14-16-28-49(45)65-50-29-17-15-27-46(50)59/h3-35H,1-2H3. The van der Waals surface area contributed by atoms with Crippen LogP contribution in [0.4, 0.5) is 0 Å². The Kier molecular flexibility index (Phi) is 8.06. The third-order valence-electron chi connectivity index (χ3n) is 13.6. The fourth-order valence-corrected chi connectivity index (χ4v) is 10.6. The van der Waals surface area contributed by atoms with Gasteiger partial charge in [-0.05, 0) is 57.6 Å². The van der Waals surface area contributed by atoms with E-state index in [2.05, 4.69) is 147 Å². The lowest BCUT2D eigenvalue weighted by molar-refractivity contribution is 0.436. The highest BCUT2D eigenvalue weighted by Crippen LogP contribution is 2.63. The minimum absolute atomic E-state index is 0.327. The van der Waals surface area contributed by atoms with Gasteiger partial charge in [-0.3, -0.25) is 0 Å². The van der Waals surface area contributed by atoms with Crippen LogP contribution in [0.3, 0.4) is 0 Å². The van der Waals surface area contributed by atoms with Crippen LogP contribution in [0, 0.1) is 0 Å². The molecule has 65 heavy (non-hydrogen) atoms. The maximum Gasteiger partial charge on any atom is 0.164 e. The molecule has 6 heteroatoms. The van der Waals surface area contributed by atoms with Crippen LogP contribution in [-0.4, -0.2) is 24.9 Å². The number of hydrogen-bond donors (Lipinski definition) is 0. The average Bonchev–Trinajstić information content (AvgIpc) is 3.78. The maximum atomic E-state index is 6.79. The number of aromatic nitrogens is 5. The second-order valence-corrected chi connectivity index (χ2v) is 17.6. The van der Waals surface area contributed by atoms with E-state index in [-0.39, 0.29) is 5.41 Å². The number of benzene rings is 8. The molecule has 0 radical (unpaired) electrons. The quantitative estimate of drug-likeness (QED) is 0.172. The van der Waals surface area contributed by atoms with Crippen LogP contribution in [0.1, 0.15) is 47.4 Å². The van der Waals surface area contributed by atoms with Crippen LogP contribution in [0.2, 0.25) is 0 Å². The van der Waals surface area contributed by atoms with E-state index in [4.69, 9.17) is 29.7 Å². The van der Waals surface area contributed by atoms with Crippen molar-refractivity contribution in [3.8, 4) is 90.6 Å². The Bertz CT molecular complexity index is 3450. The van der Waals surface area contributed by atoms with Gasteiger partial charge in [-0.25, -0.2) is 24.9 Å². The minimum Gasteiger partial charge on any atom is -0.457 e. The van der Waals surface area contributed by atoms with Gasteiger partial charge in [0.25, 0.3) is 0 Å². The fourth-order valence-electron chi connectivity index (χ4n) is 10.6. The number of rotatable bonds is 5. The average molecular weight is 834 g/mol. The van der Waals surface area contributed by atoms with Crippen LogP contribution in [0.5, 0.6) is 11.5 Å². The van der Waals surface area contributed by atoms with Gasteiger partial charge in [-0.15, -0.1) is 0 Å². The second-order valence-electron chi connectivity index (χ2n) is 17.6. The van der Waals surface area contributed by atoms with Crippen molar-refractivity contribution in [2.24, 2.45) is 0 Å². The number of fused-ring (bicyclic) bond motifs is 12. The molecule has 0 unspecified atom stereocenters. The van der Waals surface area contributed by atoms with E-state index in [1.807, 2.05) is 66.7 Å². The molecule has 0 saturated heterocycles. The Hall–Kier alpha value is -8.35. The summed E-state index contributed by atoms with van der Waals surface area (Å²) in [5.41, 5.74) is 15.9. The van der Waals surface area contributed by atoms with Crippen molar-refractivity contribution in [1.29, 1.82) is 0 Å². The summed E-state index contributed by atoms with van der Waals surface area (Å²) in [5, 5.41) is 0.